The van der Waals surface area contributed by atoms with Crippen LogP contribution in [0.1, 0.15) is 54.1 Å². The van der Waals surface area contributed by atoms with Crippen molar-refractivity contribution in [1.82, 2.24) is 9.47 Å². The van der Waals surface area contributed by atoms with E-state index in [1.54, 1.807) is 66.6 Å². The lowest BCUT2D eigenvalue weighted by Gasteiger charge is -2.70. The van der Waals surface area contributed by atoms with Crippen LogP contribution in [0.15, 0.2) is 24.3 Å². The minimum Gasteiger partial charge on any atom is -0.494 e. The molecule has 4 N–H and O–H groups in total. The Kier molecular flexibility index (Phi) is 7.83. The topological polar surface area (TPSA) is 152 Å². The highest BCUT2D eigenvalue weighted by molar-refractivity contribution is 5.94. The third kappa shape index (κ3) is 3.78. The fraction of sp³-hybridized carbons (Fsp3) is 0.711. The molecule has 7 bridgehead atoms. The molecule has 3 unspecified atom stereocenters. The van der Waals surface area contributed by atoms with E-state index >= 15 is 0 Å². The van der Waals surface area contributed by atoms with E-state index in [0.717, 1.165) is 6.42 Å². The van der Waals surface area contributed by atoms with Crippen molar-refractivity contribution >= 4 is 5.97 Å². The van der Waals surface area contributed by atoms with Crippen LogP contribution < -0.4 is 0 Å². The van der Waals surface area contributed by atoms with E-state index in [1.807, 2.05) is 0 Å². The number of benzene rings is 1. The number of likely N-dealkylation sites (N-methyl/N-ethyl adjacent to an activating group) is 1. The van der Waals surface area contributed by atoms with Gasteiger partial charge in [-0.15, -0.1) is 0 Å². The number of piperidine rings is 1. The number of aliphatic hydroxyl groups is 2. The molecule has 274 valence electrons. The Labute approximate surface area is 293 Å². The summed E-state index contributed by atoms with van der Waals surface area (Å²) >= 11 is 0. The molecule has 0 radical (unpaired) electrons. The Morgan fingerprint density at radius 1 is 0.980 bits per heavy atom. The van der Waals surface area contributed by atoms with Crippen molar-refractivity contribution in [2.24, 2.45) is 34.5 Å². The molecule has 50 heavy (non-hydrogen) atoms. The molecule has 1 spiro atoms. The number of hydrogen-bond donors (Lipinski definition) is 4. The number of para-hydroxylation sites is 1. The van der Waals surface area contributed by atoms with Crippen LogP contribution >= 0.6 is 0 Å². The molecule has 1 aromatic carbocycles. The van der Waals surface area contributed by atoms with Gasteiger partial charge in [0.15, 0.2) is 0 Å². The third-order valence-electron chi connectivity index (χ3n) is 14.8. The highest BCUT2D eigenvalue weighted by atomic mass is 16.5. The van der Waals surface area contributed by atoms with Gasteiger partial charge in [-0.3, -0.25) is 9.47 Å². The van der Waals surface area contributed by atoms with Crippen molar-refractivity contribution in [3.8, 4) is 17.4 Å². The van der Waals surface area contributed by atoms with Gasteiger partial charge in [0.1, 0.15) is 11.2 Å². The number of carbonyl (C=O) groups is 1. The molecule has 12 heteroatoms. The third-order valence-corrected chi connectivity index (χ3v) is 14.8. The summed E-state index contributed by atoms with van der Waals surface area (Å²) in [7, 11) is 6.73. The number of esters is 1. The molecule has 2 heterocycles. The van der Waals surface area contributed by atoms with Gasteiger partial charge in [-0.05, 0) is 57.7 Å². The number of hydrogen-bond acceptors (Lipinski definition) is 11. The van der Waals surface area contributed by atoms with E-state index in [-0.39, 0.29) is 72.3 Å². The average Bonchev–Trinajstić information content (AvgIpc) is 3.62. The molecule has 5 aliphatic carbocycles. The number of nitrogens with zero attached hydrogens (tertiary/aromatic N) is 2. The zero-order valence-electron chi connectivity index (χ0n) is 30.1. The van der Waals surface area contributed by atoms with Gasteiger partial charge in [-0.1, -0.05) is 19.1 Å². The van der Waals surface area contributed by atoms with Gasteiger partial charge >= 0.3 is 5.97 Å². The van der Waals surface area contributed by atoms with Gasteiger partial charge in [0, 0.05) is 81.1 Å². The van der Waals surface area contributed by atoms with Gasteiger partial charge in [-0.25, -0.2) is 4.79 Å². The molecule has 5 saturated carbocycles. The molecule has 12 nitrogen and oxygen atoms in total. The standard InChI is InChI=1S/C38H52N2O10/c1-8-39-17-35(18-50-33(43)21-11-9-10-12-24(21)40-31(41)19(2)20(3)32(40)42)14-13-26(47-5)37-23-15-22-25(46-4)16-36(44,27(23)28(22)48-6)38(45,34(37)39)30(49-7)29(35)37/h9-12,22-23,25-30,34,41-42,44-45H,8,13-18H2,1-7H3/t22-,23-,25+,26+,27-,28+,29?,30+,34?,35+,36-,37?,38+/m1/s1. The maximum absolute atomic E-state index is 14.2. The van der Waals surface area contributed by atoms with Gasteiger partial charge in [0.2, 0.25) is 11.8 Å². The van der Waals surface area contributed by atoms with Crippen LogP contribution in [0.3, 0.4) is 0 Å². The molecule has 8 rings (SSSR count). The molecule has 1 aromatic heterocycles. The van der Waals surface area contributed by atoms with Crippen molar-refractivity contribution in [3.05, 3.63) is 41.0 Å². The molecule has 2 aromatic rings. The Bertz CT molecular complexity index is 1670. The summed E-state index contributed by atoms with van der Waals surface area (Å²) in [6.45, 7) is 6.70. The molecule has 1 aliphatic heterocycles. The fourth-order valence-electron chi connectivity index (χ4n) is 13.1. The van der Waals surface area contributed by atoms with Gasteiger partial charge < -0.3 is 44.1 Å². The van der Waals surface area contributed by atoms with Crippen LogP contribution in [0.5, 0.6) is 11.8 Å². The summed E-state index contributed by atoms with van der Waals surface area (Å²) < 4.78 is 32.7. The highest BCUT2D eigenvalue weighted by Crippen LogP contribution is 2.80. The summed E-state index contributed by atoms with van der Waals surface area (Å²) in [5.41, 5.74) is -2.97. The van der Waals surface area contributed by atoms with E-state index in [0.29, 0.717) is 42.7 Å². The number of rotatable bonds is 9. The normalized spacial score (nSPS) is 44.1. The fourth-order valence-corrected chi connectivity index (χ4v) is 13.1. The minimum absolute atomic E-state index is 0.0475. The highest BCUT2D eigenvalue weighted by Gasteiger charge is 2.91. The summed E-state index contributed by atoms with van der Waals surface area (Å²) in [6.07, 6.45) is 0.775. The van der Waals surface area contributed by atoms with Crippen LogP contribution in [-0.2, 0) is 23.7 Å². The van der Waals surface area contributed by atoms with E-state index in [1.165, 1.54) is 4.57 Å². The van der Waals surface area contributed by atoms with Crippen LogP contribution in [0.2, 0.25) is 0 Å². The zero-order valence-corrected chi connectivity index (χ0v) is 30.1. The Morgan fingerprint density at radius 2 is 1.68 bits per heavy atom. The van der Waals surface area contributed by atoms with Crippen LogP contribution in [0.25, 0.3) is 5.69 Å². The van der Waals surface area contributed by atoms with Crippen molar-refractivity contribution in [2.45, 2.75) is 88.1 Å². The maximum Gasteiger partial charge on any atom is 0.340 e. The van der Waals surface area contributed by atoms with Gasteiger partial charge in [0.05, 0.1) is 48.3 Å². The van der Waals surface area contributed by atoms with Crippen molar-refractivity contribution < 1.29 is 48.9 Å². The summed E-state index contributed by atoms with van der Waals surface area (Å²) in [4.78, 5) is 16.5. The smallest absolute Gasteiger partial charge is 0.340 e. The van der Waals surface area contributed by atoms with Gasteiger partial charge in [-0.2, -0.15) is 0 Å². The van der Waals surface area contributed by atoms with Gasteiger partial charge in [0.25, 0.3) is 0 Å². The Morgan fingerprint density at radius 3 is 2.30 bits per heavy atom. The van der Waals surface area contributed by atoms with E-state index in [4.69, 9.17) is 23.7 Å². The first-order valence-electron chi connectivity index (χ1n) is 18.0. The van der Waals surface area contributed by atoms with Crippen LogP contribution in [-0.4, -0.2) is 126 Å². The number of aromatic hydroxyl groups is 2. The first-order chi connectivity index (χ1) is 23.9. The quantitative estimate of drug-likeness (QED) is 0.287. The first kappa shape index (κ1) is 34.4. The van der Waals surface area contributed by atoms with Crippen LogP contribution in [0.4, 0.5) is 0 Å². The zero-order chi connectivity index (χ0) is 35.7. The molecule has 1 saturated heterocycles. The van der Waals surface area contributed by atoms with Crippen molar-refractivity contribution in [3.63, 3.8) is 0 Å². The van der Waals surface area contributed by atoms with Crippen molar-refractivity contribution in [1.29, 1.82) is 0 Å². The number of ether oxygens (including phenoxy) is 5. The number of methoxy groups -OCH3 is 4. The number of fused-ring (bicyclic) bond motifs is 2. The second-order valence-corrected chi connectivity index (χ2v) is 16.0. The molecule has 6 aliphatic rings. The number of carbonyl (C=O) groups excluding carboxylic acids is 1. The van der Waals surface area contributed by atoms with E-state index < -0.39 is 40.1 Å². The lowest BCUT2D eigenvalue weighted by atomic mass is 9.42. The summed E-state index contributed by atoms with van der Waals surface area (Å²) in [5, 5.41) is 48.5. The molecular weight excluding hydrogens is 644 g/mol. The number of aromatic nitrogens is 1. The second kappa shape index (κ2) is 11.4. The lowest BCUT2D eigenvalue weighted by molar-refractivity contribution is -0.320. The summed E-state index contributed by atoms with van der Waals surface area (Å²) in [6, 6.07) is 6.30. The largest absolute Gasteiger partial charge is 0.494 e. The van der Waals surface area contributed by atoms with Crippen molar-refractivity contribution in [2.75, 3.05) is 48.1 Å². The maximum atomic E-state index is 14.2. The Hall–Kier alpha value is -2.71. The predicted molar refractivity (Wildman–Crippen MR) is 180 cm³/mol. The minimum atomic E-state index is -1.69. The average molecular weight is 697 g/mol. The Balaban J connectivity index is 1.24. The molecule has 0 amide bonds. The first-order valence-corrected chi connectivity index (χ1v) is 18.0. The molecular formula is C38H52N2O10. The monoisotopic (exact) mass is 696 g/mol. The summed E-state index contributed by atoms with van der Waals surface area (Å²) in [5.74, 6) is -1.56. The lowest BCUT2D eigenvalue weighted by Crippen LogP contribution is -2.82. The SMILES string of the molecule is CCN1C[C@]2(COC(=O)c3ccccc3-n3c(O)c(C)c(C)c3O)CC[C@H](OC)C34C2[C@H](OC)[C@](O)(C13)[C@@]1(O)C[C@H](OC)[C@H]2C[C@@H]4[C@@H]1[C@H]2OC. The second-order valence-electron chi connectivity index (χ2n) is 16.0. The van der Waals surface area contributed by atoms with Crippen LogP contribution in [0, 0.1) is 48.3 Å². The van der Waals surface area contributed by atoms with E-state index in [9.17, 15) is 25.2 Å². The predicted octanol–water partition coefficient (Wildman–Crippen LogP) is 2.95. The molecule has 13 atom stereocenters. The molecule has 6 fully saturated rings. The number of likely N-dealkylation sites (tertiary alicyclic amines) is 1. The van der Waals surface area contributed by atoms with E-state index in [2.05, 4.69) is 11.8 Å².